The van der Waals surface area contributed by atoms with Crippen molar-refractivity contribution in [3.8, 4) is 0 Å². The molecule has 0 aromatic carbocycles. The summed E-state index contributed by atoms with van der Waals surface area (Å²) in [5.74, 6) is 0.0402. The standard InChI is InChI=1S/C15H22N2O2/c1-15(2)8-6-12(11-15)16-13(18)7-10-17-9-4-3-5-14(17)19/h3-5,9,12H,6-8,10-11H2,1-2H3,(H,16,18). The molecule has 0 spiro atoms. The van der Waals surface area contributed by atoms with Crippen molar-refractivity contribution in [2.24, 2.45) is 5.41 Å². The first-order valence-corrected chi connectivity index (χ1v) is 6.91. The lowest BCUT2D eigenvalue weighted by atomic mass is 9.92. The molecule has 0 aliphatic heterocycles. The second kappa shape index (κ2) is 5.59. The van der Waals surface area contributed by atoms with Crippen LogP contribution in [0.3, 0.4) is 0 Å². The van der Waals surface area contributed by atoms with Gasteiger partial charge in [0.2, 0.25) is 5.91 Å². The number of hydrogen-bond acceptors (Lipinski definition) is 2. The third-order valence-electron chi connectivity index (χ3n) is 3.81. The molecule has 0 saturated heterocycles. The number of nitrogens with one attached hydrogen (secondary N) is 1. The van der Waals surface area contributed by atoms with Gasteiger partial charge in [0, 0.05) is 31.3 Å². The smallest absolute Gasteiger partial charge is 0.250 e. The Balaban J connectivity index is 1.80. The number of carbonyl (C=O) groups excluding carboxylic acids is 1. The molecule has 0 bridgehead atoms. The highest BCUT2D eigenvalue weighted by molar-refractivity contribution is 5.76. The number of nitrogens with zero attached hydrogens (tertiary/aromatic N) is 1. The molecule has 4 nitrogen and oxygen atoms in total. The number of aryl methyl sites for hydroxylation is 1. The Bertz CT molecular complexity index is 505. The second-order valence-corrected chi connectivity index (χ2v) is 6.15. The zero-order chi connectivity index (χ0) is 13.9. The zero-order valence-electron chi connectivity index (χ0n) is 11.7. The molecule has 1 atom stereocenters. The van der Waals surface area contributed by atoms with Crippen molar-refractivity contribution in [3.63, 3.8) is 0 Å². The first-order valence-electron chi connectivity index (χ1n) is 6.91. The van der Waals surface area contributed by atoms with E-state index < -0.39 is 0 Å². The third-order valence-corrected chi connectivity index (χ3v) is 3.81. The van der Waals surface area contributed by atoms with Crippen molar-refractivity contribution in [2.45, 2.75) is 52.1 Å². The predicted molar refractivity (Wildman–Crippen MR) is 74.9 cm³/mol. The van der Waals surface area contributed by atoms with Crippen LogP contribution >= 0.6 is 0 Å². The summed E-state index contributed by atoms with van der Waals surface area (Å²) in [5.41, 5.74) is 0.284. The average Bonchev–Trinajstić information content (AvgIpc) is 2.67. The van der Waals surface area contributed by atoms with Gasteiger partial charge in [-0.15, -0.1) is 0 Å². The van der Waals surface area contributed by atoms with Crippen LogP contribution in [0.25, 0.3) is 0 Å². The van der Waals surface area contributed by atoms with Crippen LogP contribution in [-0.4, -0.2) is 16.5 Å². The molecule has 1 heterocycles. The molecule has 1 aromatic rings. The first kappa shape index (κ1) is 13.8. The van der Waals surface area contributed by atoms with Gasteiger partial charge in [-0.3, -0.25) is 9.59 Å². The summed E-state index contributed by atoms with van der Waals surface area (Å²) < 4.78 is 1.57. The fourth-order valence-electron chi connectivity index (χ4n) is 2.73. The molecule has 19 heavy (non-hydrogen) atoms. The molecule has 0 radical (unpaired) electrons. The number of aromatic nitrogens is 1. The van der Waals surface area contributed by atoms with E-state index in [0.29, 0.717) is 24.4 Å². The van der Waals surface area contributed by atoms with Crippen molar-refractivity contribution in [1.29, 1.82) is 0 Å². The zero-order valence-corrected chi connectivity index (χ0v) is 11.7. The van der Waals surface area contributed by atoms with Gasteiger partial charge in [-0.2, -0.15) is 0 Å². The summed E-state index contributed by atoms with van der Waals surface area (Å²) in [7, 11) is 0. The maximum absolute atomic E-state index is 11.9. The van der Waals surface area contributed by atoms with Gasteiger partial charge < -0.3 is 9.88 Å². The number of hydrogen-bond donors (Lipinski definition) is 1. The van der Waals surface area contributed by atoms with E-state index in [9.17, 15) is 9.59 Å². The number of rotatable bonds is 4. The van der Waals surface area contributed by atoms with Crippen LogP contribution in [0.2, 0.25) is 0 Å². The van der Waals surface area contributed by atoms with Gasteiger partial charge in [-0.25, -0.2) is 0 Å². The van der Waals surface area contributed by atoms with E-state index in [0.717, 1.165) is 19.3 Å². The number of amides is 1. The Labute approximate surface area is 113 Å². The van der Waals surface area contributed by atoms with E-state index in [4.69, 9.17) is 0 Å². The first-order chi connectivity index (χ1) is 8.96. The Morgan fingerprint density at radius 1 is 1.47 bits per heavy atom. The van der Waals surface area contributed by atoms with E-state index in [1.807, 2.05) is 0 Å². The quantitative estimate of drug-likeness (QED) is 0.901. The molecule has 1 aliphatic rings. The minimum absolute atomic E-state index is 0.0402. The number of carbonyl (C=O) groups is 1. The van der Waals surface area contributed by atoms with Crippen LogP contribution in [0.4, 0.5) is 0 Å². The molecule has 1 aliphatic carbocycles. The predicted octanol–water partition coefficient (Wildman–Crippen LogP) is 1.93. The summed E-state index contributed by atoms with van der Waals surface area (Å²) >= 11 is 0. The lowest BCUT2D eigenvalue weighted by Crippen LogP contribution is -2.34. The highest BCUT2D eigenvalue weighted by atomic mass is 16.2. The van der Waals surface area contributed by atoms with Gasteiger partial charge >= 0.3 is 0 Å². The second-order valence-electron chi connectivity index (χ2n) is 6.15. The lowest BCUT2D eigenvalue weighted by Gasteiger charge is -2.18. The van der Waals surface area contributed by atoms with Gasteiger partial charge in [-0.1, -0.05) is 19.9 Å². The van der Waals surface area contributed by atoms with Crippen LogP contribution in [0.1, 0.15) is 39.5 Å². The van der Waals surface area contributed by atoms with Gasteiger partial charge in [0.25, 0.3) is 5.56 Å². The minimum Gasteiger partial charge on any atom is -0.353 e. The Kier molecular flexibility index (Phi) is 4.08. The van der Waals surface area contributed by atoms with Gasteiger partial charge in [0.05, 0.1) is 0 Å². The largest absolute Gasteiger partial charge is 0.353 e. The highest BCUT2D eigenvalue weighted by Crippen LogP contribution is 2.36. The molecule has 2 rings (SSSR count). The molecule has 1 aromatic heterocycles. The molecule has 1 unspecified atom stereocenters. The molecular formula is C15H22N2O2. The van der Waals surface area contributed by atoms with E-state index in [1.54, 1.807) is 22.9 Å². The summed E-state index contributed by atoms with van der Waals surface area (Å²) in [6, 6.07) is 5.32. The molecule has 1 saturated carbocycles. The third kappa shape index (κ3) is 3.94. The normalized spacial score (nSPS) is 21.3. The Hall–Kier alpha value is -1.58. The fraction of sp³-hybridized carbons (Fsp3) is 0.600. The van der Waals surface area contributed by atoms with Crippen molar-refractivity contribution in [1.82, 2.24) is 9.88 Å². The maximum Gasteiger partial charge on any atom is 0.250 e. The van der Waals surface area contributed by atoms with E-state index in [2.05, 4.69) is 19.2 Å². The highest BCUT2D eigenvalue weighted by Gasteiger charge is 2.31. The van der Waals surface area contributed by atoms with Gasteiger partial charge in [0.15, 0.2) is 0 Å². The van der Waals surface area contributed by atoms with Crippen LogP contribution in [0.5, 0.6) is 0 Å². The molecule has 4 heteroatoms. The SMILES string of the molecule is CC1(C)CCC(NC(=O)CCn2ccccc2=O)C1. The topological polar surface area (TPSA) is 51.1 Å². The molecule has 104 valence electrons. The van der Waals surface area contributed by atoms with Crippen LogP contribution in [0, 0.1) is 5.41 Å². The molecule has 1 N–H and O–H groups in total. The number of pyridine rings is 1. The van der Waals surface area contributed by atoms with Crippen LogP contribution < -0.4 is 10.9 Å². The summed E-state index contributed by atoms with van der Waals surface area (Å²) in [5, 5.41) is 3.07. The van der Waals surface area contributed by atoms with Crippen molar-refractivity contribution < 1.29 is 4.79 Å². The van der Waals surface area contributed by atoms with Crippen molar-refractivity contribution in [2.75, 3.05) is 0 Å². The molecular weight excluding hydrogens is 240 g/mol. The Morgan fingerprint density at radius 2 is 2.26 bits per heavy atom. The maximum atomic E-state index is 11.9. The monoisotopic (exact) mass is 262 g/mol. The Morgan fingerprint density at radius 3 is 2.89 bits per heavy atom. The van der Waals surface area contributed by atoms with Crippen LogP contribution in [0.15, 0.2) is 29.2 Å². The average molecular weight is 262 g/mol. The summed E-state index contributed by atoms with van der Waals surface area (Å²) in [6.07, 6.45) is 5.35. The minimum atomic E-state index is -0.0581. The summed E-state index contributed by atoms with van der Waals surface area (Å²) in [6.45, 7) is 4.92. The van der Waals surface area contributed by atoms with Gasteiger partial charge in [-0.05, 0) is 30.7 Å². The van der Waals surface area contributed by atoms with Crippen molar-refractivity contribution >= 4 is 5.91 Å². The lowest BCUT2D eigenvalue weighted by molar-refractivity contribution is -0.122. The van der Waals surface area contributed by atoms with E-state index in [-0.39, 0.29) is 11.5 Å². The van der Waals surface area contributed by atoms with Crippen LogP contribution in [-0.2, 0) is 11.3 Å². The van der Waals surface area contributed by atoms with E-state index in [1.165, 1.54) is 6.07 Å². The fourth-order valence-corrected chi connectivity index (χ4v) is 2.73. The van der Waals surface area contributed by atoms with E-state index >= 15 is 0 Å². The summed E-state index contributed by atoms with van der Waals surface area (Å²) in [4.78, 5) is 23.4. The molecule has 1 fully saturated rings. The van der Waals surface area contributed by atoms with Gasteiger partial charge in [0.1, 0.15) is 0 Å². The molecule has 1 amide bonds. The van der Waals surface area contributed by atoms with Crippen molar-refractivity contribution in [3.05, 3.63) is 34.7 Å².